The van der Waals surface area contributed by atoms with Crippen molar-refractivity contribution in [2.75, 3.05) is 20.2 Å². The molecule has 1 aromatic carbocycles. The van der Waals surface area contributed by atoms with E-state index < -0.39 is 0 Å². The van der Waals surface area contributed by atoms with E-state index in [0.29, 0.717) is 26.2 Å². The average molecular weight is 341 g/mol. The van der Waals surface area contributed by atoms with Crippen molar-refractivity contribution in [3.8, 4) is 11.5 Å². The van der Waals surface area contributed by atoms with E-state index in [0.717, 1.165) is 22.6 Å². The molecule has 3 rings (SSSR count). The molecule has 1 unspecified atom stereocenters. The Labute approximate surface area is 147 Å². The fourth-order valence-corrected chi connectivity index (χ4v) is 2.91. The molecule has 1 N–H and O–H groups in total. The summed E-state index contributed by atoms with van der Waals surface area (Å²) in [4.78, 5) is 18.4. The minimum absolute atomic E-state index is 0.000902. The molecule has 0 spiro atoms. The number of nitrogens with one attached hydrogen (secondary N) is 1. The van der Waals surface area contributed by atoms with Crippen molar-refractivity contribution in [1.29, 1.82) is 0 Å². The first kappa shape index (κ1) is 17.2. The Hall–Kier alpha value is -2.60. The Kier molecular flexibility index (Phi) is 5.50. The Morgan fingerprint density at radius 2 is 2.16 bits per heavy atom. The smallest absolute Gasteiger partial charge is 0.234 e. The number of hydrogen-bond donors (Lipinski definition) is 1. The van der Waals surface area contributed by atoms with Crippen LogP contribution in [-0.4, -0.2) is 42.1 Å². The Balaban J connectivity index is 1.60. The van der Waals surface area contributed by atoms with E-state index in [9.17, 15) is 4.79 Å². The second-order valence-electron chi connectivity index (χ2n) is 6.20. The van der Waals surface area contributed by atoms with Gasteiger partial charge >= 0.3 is 0 Å². The number of ether oxygens (including phenoxy) is 2. The molecule has 1 atom stereocenters. The highest BCUT2D eigenvalue weighted by Crippen LogP contribution is 2.29. The van der Waals surface area contributed by atoms with Gasteiger partial charge in [0.2, 0.25) is 5.91 Å². The lowest BCUT2D eigenvalue weighted by molar-refractivity contribution is -0.122. The average Bonchev–Trinajstić information content (AvgIpc) is 2.77. The van der Waals surface area contributed by atoms with E-state index in [-0.39, 0.29) is 12.0 Å². The van der Waals surface area contributed by atoms with Gasteiger partial charge in [-0.2, -0.15) is 0 Å². The molecule has 1 aromatic heterocycles. The van der Waals surface area contributed by atoms with E-state index in [2.05, 4.69) is 15.2 Å². The zero-order valence-corrected chi connectivity index (χ0v) is 14.6. The predicted molar refractivity (Wildman–Crippen MR) is 94.4 cm³/mol. The number of fused-ring (bicyclic) bond motifs is 1. The summed E-state index contributed by atoms with van der Waals surface area (Å²) in [7, 11) is 1.64. The maximum absolute atomic E-state index is 12.3. The molecule has 0 saturated carbocycles. The highest BCUT2D eigenvalue weighted by Gasteiger charge is 2.22. The van der Waals surface area contributed by atoms with Crippen molar-refractivity contribution in [1.82, 2.24) is 15.2 Å². The number of nitrogens with zero attached hydrogens (tertiary/aromatic N) is 2. The summed E-state index contributed by atoms with van der Waals surface area (Å²) in [6.45, 7) is 4.22. The molecule has 6 nitrogen and oxygen atoms in total. The zero-order valence-electron chi connectivity index (χ0n) is 14.6. The van der Waals surface area contributed by atoms with Gasteiger partial charge in [-0.1, -0.05) is 6.07 Å². The van der Waals surface area contributed by atoms with Crippen LogP contribution in [0.2, 0.25) is 0 Å². The van der Waals surface area contributed by atoms with Gasteiger partial charge in [0, 0.05) is 43.7 Å². The third kappa shape index (κ3) is 4.70. The van der Waals surface area contributed by atoms with E-state index in [1.807, 2.05) is 37.3 Å². The largest absolute Gasteiger partial charge is 0.497 e. The summed E-state index contributed by atoms with van der Waals surface area (Å²) in [5.41, 5.74) is 2.10. The molecule has 2 aromatic rings. The number of hydrogen-bond acceptors (Lipinski definition) is 5. The fourth-order valence-electron chi connectivity index (χ4n) is 2.91. The Morgan fingerprint density at radius 1 is 1.36 bits per heavy atom. The highest BCUT2D eigenvalue weighted by molar-refractivity contribution is 5.78. The summed E-state index contributed by atoms with van der Waals surface area (Å²) in [6.07, 6.45) is 3.45. The number of carbonyl (C=O) groups excluding carboxylic acids is 1. The molecule has 25 heavy (non-hydrogen) atoms. The maximum atomic E-state index is 12.3. The molecule has 1 aliphatic heterocycles. The minimum Gasteiger partial charge on any atom is -0.497 e. The molecule has 0 saturated heterocycles. The van der Waals surface area contributed by atoms with Crippen molar-refractivity contribution in [3.63, 3.8) is 0 Å². The van der Waals surface area contributed by atoms with Crippen molar-refractivity contribution >= 4 is 5.91 Å². The summed E-state index contributed by atoms with van der Waals surface area (Å²) in [6, 6.07) is 9.60. The van der Waals surface area contributed by atoms with Gasteiger partial charge in [-0.15, -0.1) is 0 Å². The normalized spacial score (nSPS) is 17.1. The van der Waals surface area contributed by atoms with Gasteiger partial charge in [-0.3, -0.25) is 14.7 Å². The number of rotatable bonds is 5. The lowest BCUT2D eigenvalue weighted by Gasteiger charge is -2.21. The van der Waals surface area contributed by atoms with E-state index in [1.165, 1.54) is 0 Å². The Morgan fingerprint density at radius 3 is 2.92 bits per heavy atom. The number of methoxy groups -OCH3 is 1. The number of carbonyl (C=O) groups is 1. The second kappa shape index (κ2) is 7.98. The maximum Gasteiger partial charge on any atom is 0.234 e. The topological polar surface area (TPSA) is 63.7 Å². The zero-order chi connectivity index (χ0) is 17.6. The van der Waals surface area contributed by atoms with Crippen molar-refractivity contribution < 1.29 is 14.3 Å². The van der Waals surface area contributed by atoms with Crippen LogP contribution in [0.5, 0.6) is 11.5 Å². The molecule has 6 heteroatoms. The van der Waals surface area contributed by atoms with Crippen LogP contribution in [-0.2, 0) is 17.9 Å². The van der Waals surface area contributed by atoms with Gasteiger partial charge < -0.3 is 14.8 Å². The van der Waals surface area contributed by atoms with Gasteiger partial charge in [0.05, 0.1) is 13.7 Å². The molecule has 132 valence electrons. The van der Waals surface area contributed by atoms with Gasteiger partial charge in [0.1, 0.15) is 17.6 Å². The summed E-state index contributed by atoms with van der Waals surface area (Å²) in [5, 5.41) is 2.95. The molecule has 0 aliphatic carbocycles. The standard InChI is InChI=1S/C19H23N3O3/c1-14-11-22(12-16-3-4-17(24-2)9-18(16)25-14)13-19(23)21-10-15-5-7-20-8-6-15/h3-9,14H,10-13H2,1-2H3,(H,21,23). The van der Waals surface area contributed by atoms with Crippen LogP contribution in [0.25, 0.3) is 0 Å². The first-order chi connectivity index (χ1) is 12.1. The molecular weight excluding hydrogens is 318 g/mol. The van der Waals surface area contributed by atoms with Crippen LogP contribution >= 0.6 is 0 Å². The first-order valence-electron chi connectivity index (χ1n) is 8.35. The summed E-state index contributed by atoms with van der Waals surface area (Å²) >= 11 is 0. The van der Waals surface area contributed by atoms with Crippen LogP contribution in [0.1, 0.15) is 18.1 Å². The Bertz CT molecular complexity index is 721. The molecule has 1 amide bonds. The highest BCUT2D eigenvalue weighted by atomic mass is 16.5. The van der Waals surface area contributed by atoms with Gasteiger partial charge in [0.25, 0.3) is 0 Å². The van der Waals surface area contributed by atoms with Crippen molar-refractivity contribution in [2.24, 2.45) is 0 Å². The van der Waals surface area contributed by atoms with Crippen molar-refractivity contribution in [3.05, 3.63) is 53.9 Å². The van der Waals surface area contributed by atoms with Gasteiger partial charge in [-0.25, -0.2) is 0 Å². The quantitative estimate of drug-likeness (QED) is 0.901. The number of benzene rings is 1. The van der Waals surface area contributed by atoms with Crippen LogP contribution in [0.4, 0.5) is 0 Å². The van der Waals surface area contributed by atoms with E-state index in [1.54, 1.807) is 19.5 Å². The monoisotopic (exact) mass is 341 g/mol. The molecular formula is C19H23N3O3. The SMILES string of the molecule is COc1ccc2c(c1)OC(C)CN(CC(=O)NCc1ccncc1)C2. The molecule has 0 fully saturated rings. The summed E-state index contributed by atoms with van der Waals surface area (Å²) < 4.78 is 11.2. The minimum atomic E-state index is 0.000902. The van der Waals surface area contributed by atoms with Crippen LogP contribution in [0.15, 0.2) is 42.7 Å². The first-order valence-corrected chi connectivity index (χ1v) is 8.35. The van der Waals surface area contributed by atoms with Gasteiger partial charge in [0.15, 0.2) is 0 Å². The lowest BCUT2D eigenvalue weighted by Crippen LogP contribution is -2.39. The van der Waals surface area contributed by atoms with E-state index >= 15 is 0 Å². The van der Waals surface area contributed by atoms with Crippen LogP contribution in [0.3, 0.4) is 0 Å². The molecule has 2 heterocycles. The van der Waals surface area contributed by atoms with Crippen LogP contribution < -0.4 is 14.8 Å². The van der Waals surface area contributed by atoms with Gasteiger partial charge in [-0.05, 0) is 30.7 Å². The summed E-state index contributed by atoms with van der Waals surface area (Å²) in [5.74, 6) is 1.60. The van der Waals surface area contributed by atoms with E-state index in [4.69, 9.17) is 9.47 Å². The fraction of sp³-hybridized carbons (Fsp3) is 0.368. The van der Waals surface area contributed by atoms with Crippen LogP contribution in [0, 0.1) is 0 Å². The molecule has 0 radical (unpaired) electrons. The third-order valence-electron chi connectivity index (χ3n) is 4.12. The number of aromatic nitrogens is 1. The predicted octanol–water partition coefficient (Wildman–Crippen LogP) is 1.99. The second-order valence-corrected chi connectivity index (χ2v) is 6.20. The molecule has 0 bridgehead atoms. The third-order valence-corrected chi connectivity index (χ3v) is 4.12. The lowest BCUT2D eigenvalue weighted by atomic mass is 10.2. The number of pyridine rings is 1. The number of amides is 1. The van der Waals surface area contributed by atoms with Crippen molar-refractivity contribution in [2.45, 2.75) is 26.1 Å². The molecule has 1 aliphatic rings.